The zero-order valence-electron chi connectivity index (χ0n) is 12.2. The summed E-state index contributed by atoms with van der Waals surface area (Å²) in [5.41, 5.74) is 7.17. The zero-order valence-corrected chi connectivity index (χ0v) is 12.2. The number of hydrazine groups is 1. The molecule has 1 aromatic heterocycles. The maximum absolute atomic E-state index is 5.72. The molecule has 0 unspecified atom stereocenters. The third-order valence-corrected chi connectivity index (χ3v) is 4.26. The van der Waals surface area contributed by atoms with Crippen LogP contribution in [0.3, 0.4) is 0 Å². The number of benzene rings is 1. The van der Waals surface area contributed by atoms with Crippen molar-refractivity contribution >= 4 is 22.3 Å². The highest BCUT2D eigenvalue weighted by molar-refractivity contribution is 5.93. The fourth-order valence-corrected chi connectivity index (χ4v) is 3.06. The molecule has 1 aromatic carbocycles. The van der Waals surface area contributed by atoms with Gasteiger partial charge in [0.2, 0.25) is 0 Å². The van der Waals surface area contributed by atoms with Crippen LogP contribution in [0.4, 0.5) is 11.4 Å². The Morgan fingerprint density at radius 2 is 1.95 bits per heavy atom. The summed E-state index contributed by atoms with van der Waals surface area (Å²) >= 11 is 0. The molecule has 0 amide bonds. The lowest BCUT2D eigenvalue weighted by atomic mass is 10.0. The number of hydrogen-bond acceptors (Lipinski definition) is 4. The quantitative estimate of drug-likeness (QED) is 0.664. The molecule has 1 fully saturated rings. The molecule has 0 aliphatic heterocycles. The first kappa shape index (κ1) is 13.2. The molecule has 0 spiro atoms. The molecule has 3 rings (SSSR count). The summed E-state index contributed by atoms with van der Waals surface area (Å²) in [5, 5.41) is 1.08. The Labute approximate surface area is 120 Å². The highest BCUT2D eigenvalue weighted by atomic mass is 15.2. The van der Waals surface area contributed by atoms with E-state index in [1.54, 1.807) is 0 Å². The molecule has 1 aliphatic rings. The van der Waals surface area contributed by atoms with Crippen LogP contribution in [0.25, 0.3) is 10.9 Å². The summed E-state index contributed by atoms with van der Waals surface area (Å²) < 4.78 is 0. The molecule has 0 bridgehead atoms. The highest BCUT2D eigenvalue weighted by Crippen LogP contribution is 2.36. The summed E-state index contributed by atoms with van der Waals surface area (Å²) in [4.78, 5) is 6.94. The van der Waals surface area contributed by atoms with E-state index >= 15 is 0 Å². The van der Waals surface area contributed by atoms with Crippen molar-refractivity contribution in [2.45, 2.75) is 31.6 Å². The van der Waals surface area contributed by atoms with Crippen LogP contribution in [0.5, 0.6) is 0 Å². The Morgan fingerprint density at radius 1 is 1.20 bits per heavy atom. The topological polar surface area (TPSA) is 54.2 Å². The Hall–Kier alpha value is -1.81. The summed E-state index contributed by atoms with van der Waals surface area (Å²) in [7, 11) is 4.08. The summed E-state index contributed by atoms with van der Waals surface area (Å²) in [5.74, 6) is 6.32. The molecular formula is C16H22N4. The van der Waals surface area contributed by atoms with Gasteiger partial charge in [0.15, 0.2) is 0 Å². The number of fused-ring (bicyclic) bond motifs is 1. The predicted molar refractivity (Wildman–Crippen MR) is 85.1 cm³/mol. The number of pyridine rings is 1. The minimum atomic E-state index is 0.597. The van der Waals surface area contributed by atoms with Crippen molar-refractivity contribution in [1.82, 2.24) is 4.98 Å². The van der Waals surface area contributed by atoms with Gasteiger partial charge in [-0.25, -0.2) is 0 Å². The number of rotatable bonds is 3. The number of nitrogens with two attached hydrogens (primary N) is 1. The van der Waals surface area contributed by atoms with Gasteiger partial charge in [0.25, 0.3) is 0 Å². The Kier molecular flexibility index (Phi) is 3.49. The second kappa shape index (κ2) is 5.29. The molecule has 4 heteroatoms. The van der Waals surface area contributed by atoms with Crippen LogP contribution >= 0.6 is 0 Å². The number of nitrogens with zero attached hydrogens (tertiary/aromatic N) is 2. The second-order valence-electron chi connectivity index (χ2n) is 5.82. The average molecular weight is 270 g/mol. The summed E-state index contributed by atoms with van der Waals surface area (Å²) in [6.07, 6.45) is 5.13. The first-order valence-electron chi connectivity index (χ1n) is 7.27. The summed E-state index contributed by atoms with van der Waals surface area (Å²) in [6.45, 7) is 0. The first-order chi connectivity index (χ1) is 9.69. The van der Waals surface area contributed by atoms with Gasteiger partial charge in [-0.1, -0.05) is 12.8 Å². The van der Waals surface area contributed by atoms with Crippen molar-refractivity contribution < 1.29 is 0 Å². The Morgan fingerprint density at radius 3 is 2.60 bits per heavy atom. The van der Waals surface area contributed by atoms with Gasteiger partial charge >= 0.3 is 0 Å². The van der Waals surface area contributed by atoms with E-state index in [4.69, 9.17) is 10.8 Å². The molecule has 3 N–H and O–H groups in total. The lowest BCUT2D eigenvalue weighted by Gasteiger charge is -2.16. The smallest absolute Gasteiger partial charge is 0.0728 e. The molecule has 20 heavy (non-hydrogen) atoms. The van der Waals surface area contributed by atoms with Crippen LogP contribution in [0.15, 0.2) is 24.3 Å². The van der Waals surface area contributed by atoms with E-state index in [-0.39, 0.29) is 0 Å². The van der Waals surface area contributed by atoms with Crippen molar-refractivity contribution in [3.05, 3.63) is 30.0 Å². The van der Waals surface area contributed by atoms with Gasteiger partial charge in [-0.15, -0.1) is 0 Å². The minimum Gasteiger partial charge on any atom is -0.378 e. The van der Waals surface area contributed by atoms with Crippen LogP contribution < -0.4 is 16.2 Å². The molecular weight excluding hydrogens is 248 g/mol. The van der Waals surface area contributed by atoms with Crippen LogP contribution in [-0.2, 0) is 0 Å². The van der Waals surface area contributed by atoms with Gasteiger partial charge in [0.05, 0.1) is 11.2 Å². The van der Waals surface area contributed by atoms with Gasteiger partial charge in [-0.05, 0) is 37.1 Å². The van der Waals surface area contributed by atoms with Crippen molar-refractivity contribution in [2.75, 3.05) is 24.4 Å². The highest BCUT2D eigenvalue weighted by Gasteiger charge is 2.19. The van der Waals surface area contributed by atoms with Gasteiger partial charge in [-0.2, -0.15) is 0 Å². The van der Waals surface area contributed by atoms with Gasteiger partial charge in [0.1, 0.15) is 0 Å². The predicted octanol–water partition coefficient (Wildman–Crippen LogP) is 3.24. The van der Waals surface area contributed by atoms with Crippen LogP contribution in [0.2, 0.25) is 0 Å². The van der Waals surface area contributed by atoms with Crippen LogP contribution in [0.1, 0.15) is 37.3 Å². The molecule has 1 saturated carbocycles. The van der Waals surface area contributed by atoms with Gasteiger partial charge < -0.3 is 10.3 Å². The van der Waals surface area contributed by atoms with E-state index in [1.165, 1.54) is 31.4 Å². The number of aromatic nitrogens is 1. The normalized spacial score (nSPS) is 15.8. The third kappa shape index (κ3) is 2.31. The standard InChI is InChI=1S/C16H22N4/c1-20(2)12-7-8-14-13(9-12)16(19-17)10-15(18-14)11-5-3-4-6-11/h7-11H,3-6,17H2,1-2H3,(H,18,19). The maximum Gasteiger partial charge on any atom is 0.0728 e. The van der Waals surface area contributed by atoms with Crippen LogP contribution in [-0.4, -0.2) is 19.1 Å². The number of nitrogen functional groups attached to an aromatic ring is 1. The van der Waals surface area contributed by atoms with Gasteiger partial charge in [0, 0.05) is 36.8 Å². The third-order valence-electron chi connectivity index (χ3n) is 4.26. The summed E-state index contributed by atoms with van der Waals surface area (Å²) in [6, 6.07) is 8.45. The molecule has 2 aromatic rings. The molecule has 0 saturated heterocycles. The van der Waals surface area contributed by atoms with E-state index in [9.17, 15) is 0 Å². The van der Waals surface area contributed by atoms with E-state index in [1.807, 2.05) is 14.1 Å². The molecule has 0 atom stereocenters. The molecule has 106 valence electrons. The molecule has 4 nitrogen and oxygen atoms in total. The first-order valence-corrected chi connectivity index (χ1v) is 7.27. The van der Waals surface area contributed by atoms with E-state index < -0.39 is 0 Å². The zero-order chi connectivity index (χ0) is 14.1. The largest absolute Gasteiger partial charge is 0.378 e. The molecule has 0 radical (unpaired) electrons. The van der Waals surface area contributed by atoms with E-state index in [0.29, 0.717) is 5.92 Å². The SMILES string of the molecule is CN(C)c1ccc2nc(C3CCCC3)cc(NN)c2c1. The van der Waals surface area contributed by atoms with E-state index in [2.05, 4.69) is 34.6 Å². The minimum absolute atomic E-state index is 0.597. The van der Waals surface area contributed by atoms with E-state index in [0.717, 1.165) is 22.3 Å². The monoisotopic (exact) mass is 270 g/mol. The van der Waals surface area contributed by atoms with Gasteiger partial charge in [-0.3, -0.25) is 10.8 Å². The maximum atomic E-state index is 5.72. The Bertz CT molecular complexity index is 615. The van der Waals surface area contributed by atoms with Crippen molar-refractivity contribution in [1.29, 1.82) is 0 Å². The number of anilines is 2. The molecule has 1 heterocycles. The Balaban J connectivity index is 2.11. The fraction of sp³-hybridized carbons (Fsp3) is 0.438. The number of hydrogen-bond donors (Lipinski definition) is 2. The average Bonchev–Trinajstić information content (AvgIpc) is 2.99. The lowest BCUT2D eigenvalue weighted by Crippen LogP contribution is -2.11. The van der Waals surface area contributed by atoms with Crippen molar-refractivity contribution in [3.8, 4) is 0 Å². The second-order valence-corrected chi connectivity index (χ2v) is 5.82. The van der Waals surface area contributed by atoms with Crippen LogP contribution in [0, 0.1) is 0 Å². The number of nitrogens with one attached hydrogen (secondary N) is 1. The fourth-order valence-electron chi connectivity index (χ4n) is 3.06. The molecule has 1 aliphatic carbocycles. The lowest BCUT2D eigenvalue weighted by molar-refractivity contribution is 0.701. The van der Waals surface area contributed by atoms with Crippen molar-refractivity contribution in [2.24, 2.45) is 5.84 Å². The van der Waals surface area contributed by atoms with Crippen molar-refractivity contribution in [3.63, 3.8) is 0 Å².